The molecule has 0 aliphatic heterocycles. The third-order valence-corrected chi connectivity index (χ3v) is 19.0. The van der Waals surface area contributed by atoms with Crippen LogP contribution in [0.15, 0.2) is 109 Å². The van der Waals surface area contributed by atoms with E-state index in [4.69, 9.17) is 0 Å². The molecule has 0 amide bonds. The molecule has 0 heteroatoms. The van der Waals surface area contributed by atoms with Crippen molar-refractivity contribution in [1.82, 2.24) is 0 Å². The number of aryl methyl sites for hydroxylation is 4. The molecule has 5 aromatic carbocycles. The van der Waals surface area contributed by atoms with Crippen molar-refractivity contribution in [3.05, 3.63) is 165 Å². The van der Waals surface area contributed by atoms with Crippen molar-refractivity contribution in [3.63, 3.8) is 0 Å². The van der Waals surface area contributed by atoms with Crippen LogP contribution in [-0.2, 0) is 30.1 Å². The molecule has 388 valence electrons. The summed E-state index contributed by atoms with van der Waals surface area (Å²) in [6.07, 6.45) is 35.0. The monoisotopic (exact) mass is 965 g/mol. The number of hydrogen-bond donors (Lipinski definition) is 0. The lowest BCUT2D eigenvalue weighted by atomic mass is 9.72. The van der Waals surface area contributed by atoms with Crippen molar-refractivity contribution in [1.29, 1.82) is 0 Å². The summed E-state index contributed by atoms with van der Waals surface area (Å²) in [5, 5.41) is 0. The fourth-order valence-corrected chi connectivity index (χ4v) is 14.7. The predicted molar refractivity (Wildman–Crippen MR) is 314 cm³/mol. The largest absolute Gasteiger partial charge is 0.0654 e. The molecule has 3 aliphatic carbocycles. The Bertz CT molecular complexity index is 2420. The lowest BCUT2D eigenvalue weighted by Crippen LogP contribution is -2.26. The molecule has 0 nitrogen and oxygen atoms in total. The maximum absolute atomic E-state index is 2.58. The van der Waals surface area contributed by atoms with Crippen LogP contribution in [0.1, 0.15) is 275 Å². The minimum absolute atomic E-state index is 0.157. The topological polar surface area (TPSA) is 0 Å². The Balaban J connectivity index is 0.774. The van der Waals surface area contributed by atoms with Crippen molar-refractivity contribution in [2.24, 2.45) is 11.8 Å². The van der Waals surface area contributed by atoms with E-state index in [2.05, 4.69) is 165 Å². The van der Waals surface area contributed by atoms with Crippen LogP contribution in [0.3, 0.4) is 0 Å². The Morgan fingerprint density at radius 3 is 1.83 bits per heavy atom. The van der Waals surface area contributed by atoms with Gasteiger partial charge in [-0.05, 0) is 192 Å². The van der Waals surface area contributed by atoms with E-state index in [1.807, 2.05) is 0 Å². The van der Waals surface area contributed by atoms with Gasteiger partial charge < -0.3 is 0 Å². The van der Waals surface area contributed by atoms with E-state index in [9.17, 15) is 0 Å². The summed E-state index contributed by atoms with van der Waals surface area (Å²) in [7, 11) is 0. The van der Waals surface area contributed by atoms with Gasteiger partial charge in [0.1, 0.15) is 0 Å². The Labute approximate surface area is 442 Å². The van der Waals surface area contributed by atoms with E-state index in [1.165, 1.54) is 200 Å². The van der Waals surface area contributed by atoms with Crippen LogP contribution < -0.4 is 0 Å². The average Bonchev–Trinajstić information content (AvgIpc) is 3.78. The van der Waals surface area contributed by atoms with E-state index in [0.717, 1.165) is 29.6 Å². The molecular formula is C72H100. The highest BCUT2D eigenvalue weighted by Crippen LogP contribution is 2.55. The number of unbranched alkanes of at least 4 members (excludes halogenated alkanes) is 9. The van der Waals surface area contributed by atoms with Crippen molar-refractivity contribution < 1.29 is 0 Å². The zero-order chi connectivity index (χ0) is 50.5. The summed E-state index contributed by atoms with van der Waals surface area (Å²) in [5.41, 5.74) is 19.1. The fraction of sp³-hybridized carbons (Fsp3) is 0.583. The molecule has 0 saturated heterocycles. The lowest BCUT2D eigenvalue weighted by molar-refractivity contribution is 0.260. The SMILES string of the molecule is CCCCC1c2ccccc2C(CCCCCCCCc2ccc(CCC3CCCCCc4ccc(-c5cccc(C(C)(C)C)c5)cc43)cc2)C1CCCCCC1C(CCCC)c2ccc(C)cc2C1(C)C. The van der Waals surface area contributed by atoms with Gasteiger partial charge in [0.15, 0.2) is 0 Å². The molecule has 0 aromatic heterocycles. The first-order valence-electron chi connectivity index (χ1n) is 30.5. The maximum atomic E-state index is 2.58. The van der Waals surface area contributed by atoms with Crippen LogP contribution in [-0.4, -0.2) is 0 Å². The zero-order valence-corrected chi connectivity index (χ0v) is 47.2. The second kappa shape index (κ2) is 26.0. The Morgan fingerprint density at radius 2 is 1.11 bits per heavy atom. The number of fused-ring (bicyclic) bond motifs is 3. The van der Waals surface area contributed by atoms with Crippen molar-refractivity contribution in [3.8, 4) is 11.1 Å². The van der Waals surface area contributed by atoms with Crippen LogP contribution in [0, 0.1) is 18.8 Å². The molecule has 6 atom stereocenters. The number of rotatable bonds is 25. The first-order valence-corrected chi connectivity index (χ1v) is 30.5. The van der Waals surface area contributed by atoms with E-state index in [1.54, 1.807) is 33.4 Å². The van der Waals surface area contributed by atoms with Crippen LogP contribution in [0.5, 0.6) is 0 Å². The highest BCUT2D eigenvalue weighted by molar-refractivity contribution is 5.66. The molecule has 0 radical (unpaired) electrons. The third kappa shape index (κ3) is 13.7. The highest BCUT2D eigenvalue weighted by atomic mass is 14.5. The molecule has 0 bridgehead atoms. The van der Waals surface area contributed by atoms with Crippen LogP contribution in [0.4, 0.5) is 0 Å². The molecule has 6 unspecified atom stereocenters. The van der Waals surface area contributed by atoms with Gasteiger partial charge in [-0.1, -0.05) is 253 Å². The van der Waals surface area contributed by atoms with Crippen molar-refractivity contribution >= 4 is 0 Å². The van der Waals surface area contributed by atoms with Gasteiger partial charge in [-0.2, -0.15) is 0 Å². The second-order valence-electron chi connectivity index (χ2n) is 25.5. The molecule has 72 heavy (non-hydrogen) atoms. The molecule has 0 spiro atoms. The lowest BCUT2D eigenvalue weighted by Gasteiger charge is -2.32. The molecule has 3 aliphatic rings. The van der Waals surface area contributed by atoms with E-state index >= 15 is 0 Å². The molecular weight excluding hydrogens is 865 g/mol. The minimum atomic E-state index is 0.157. The third-order valence-electron chi connectivity index (χ3n) is 19.0. The van der Waals surface area contributed by atoms with Gasteiger partial charge in [0.05, 0.1) is 0 Å². The number of benzene rings is 5. The van der Waals surface area contributed by atoms with Gasteiger partial charge in [-0.3, -0.25) is 0 Å². The van der Waals surface area contributed by atoms with Gasteiger partial charge in [0.2, 0.25) is 0 Å². The summed E-state index contributed by atoms with van der Waals surface area (Å²) >= 11 is 0. The van der Waals surface area contributed by atoms with Gasteiger partial charge in [0.25, 0.3) is 0 Å². The summed E-state index contributed by atoms with van der Waals surface area (Å²) in [6.45, 7) is 19.2. The second-order valence-corrected chi connectivity index (χ2v) is 25.5. The number of hydrogen-bond acceptors (Lipinski definition) is 0. The molecule has 0 fully saturated rings. The molecule has 5 aromatic rings. The molecule has 0 N–H and O–H groups in total. The fourth-order valence-electron chi connectivity index (χ4n) is 14.7. The summed E-state index contributed by atoms with van der Waals surface area (Å²) < 4.78 is 0. The smallest absolute Gasteiger partial charge is 0.00666 e. The van der Waals surface area contributed by atoms with Crippen LogP contribution in [0.2, 0.25) is 0 Å². The van der Waals surface area contributed by atoms with Gasteiger partial charge in [0, 0.05) is 0 Å². The Kier molecular flexibility index (Phi) is 19.7. The normalized spacial score (nSPS) is 21.5. The Hall–Kier alpha value is -3.90. The van der Waals surface area contributed by atoms with Gasteiger partial charge in [-0.15, -0.1) is 0 Å². The zero-order valence-electron chi connectivity index (χ0n) is 47.2. The Morgan fingerprint density at radius 1 is 0.486 bits per heavy atom. The summed E-state index contributed by atoms with van der Waals surface area (Å²) in [5.74, 6) is 4.53. The van der Waals surface area contributed by atoms with Crippen molar-refractivity contribution in [2.45, 2.75) is 257 Å². The van der Waals surface area contributed by atoms with Crippen molar-refractivity contribution in [2.75, 3.05) is 0 Å². The van der Waals surface area contributed by atoms with Gasteiger partial charge >= 0.3 is 0 Å². The maximum Gasteiger partial charge on any atom is -0.00666 e. The summed E-state index contributed by atoms with van der Waals surface area (Å²) in [6, 6.07) is 43.7. The first kappa shape index (κ1) is 54.4. The predicted octanol–water partition coefficient (Wildman–Crippen LogP) is 21.6. The first-order chi connectivity index (χ1) is 35.0. The van der Waals surface area contributed by atoms with E-state index < -0.39 is 0 Å². The molecule has 0 heterocycles. The quantitative estimate of drug-likeness (QED) is 0.0511. The summed E-state index contributed by atoms with van der Waals surface area (Å²) in [4.78, 5) is 0. The molecule has 0 saturated carbocycles. The van der Waals surface area contributed by atoms with E-state index in [-0.39, 0.29) is 10.8 Å². The average molecular weight is 966 g/mol. The molecule has 8 rings (SSSR count). The standard InChI is InChI=1S/C72H100/c1-9-11-33-61-62(36-23-18-24-39-69-66(34-12-10-2)67-49-40-53(3)50-70(67)72(69,7)8)63(65-38-26-25-37-64(61)65)35-22-16-14-13-15-19-28-54-41-43-55(44-42-54)45-46-56-29-20-17-21-30-57-47-48-59(52-68(56)57)58-31-27-32-60(51-58)71(4,5)6/h25-27,31-32,37-38,40-44,47-52,56,61-63,66,69H,9-24,28-30,33-36,39,45-46H2,1-8H3. The van der Waals surface area contributed by atoms with E-state index in [0.29, 0.717) is 5.92 Å². The van der Waals surface area contributed by atoms with Crippen LogP contribution in [0.25, 0.3) is 11.1 Å². The van der Waals surface area contributed by atoms with Crippen LogP contribution >= 0.6 is 0 Å². The minimum Gasteiger partial charge on any atom is -0.0654 e. The van der Waals surface area contributed by atoms with Gasteiger partial charge in [-0.25, -0.2) is 0 Å². The highest BCUT2D eigenvalue weighted by Gasteiger charge is 2.45.